The predicted octanol–water partition coefficient (Wildman–Crippen LogP) is 1.84. The largest absolute Gasteiger partial charge is 0.445 e. The Bertz CT molecular complexity index is 743. The third-order valence-corrected chi connectivity index (χ3v) is 4.76. The number of ketones is 1. The molecule has 2 amide bonds. The Morgan fingerprint density at radius 2 is 1.93 bits per heavy atom. The maximum Gasteiger partial charge on any atom is 0.410 e. The van der Waals surface area contributed by atoms with Crippen molar-refractivity contribution in [3.8, 4) is 0 Å². The standard InChI is InChI=1S/C20H26FN3O4/c1-4-12-28-19(27)23-8-10-24(11-9-23)20(2,3)18(26)22-14-17(25)15-6-5-7-16(21)13-15/h4-7,13H,1,8-12,14H2,2-3H3,(H,22,26). The van der Waals surface area contributed by atoms with Crippen molar-refractivity contribution in [3.05, 3.63) is 48.3 Å². The summed E-state index contributed by atoms with van der Waals surface area (Å²) in [6.07, 6.45) is 1.11. The Morgan fingerprint density at radius 3 is 2.54 bits per heavy atom. The van der Waals surface area contributed by atoms with Gasteiger partial charge in [-0.2, -0.15) is 0 Å². The number of piperazine rings is 1. The highest BCUT2D eigenvalue weighted by molar-refractivity contribution is 6.00. The zero-order chi connectivity index (χ0) is 20.7. The van der Waals surface area contributed by atoms with Gasteiger partial charge in [0.1, 0.15) is 12.4 Å². The molecule has 0 radical (unpaired) electrons. The quantitative estimate of drug-likeness (QED) is 0.567. The third kappa shape index (κ3) is 5.39. The highest BCUT2D eigenvalue weighted by Crippen LogP contribution is 2.18. The van der Waals surface area contributed by atoms with Crippen LogP contribution < -0.4 is 5.32 Å². The van der Waals surface area contributed by atoms with Crippen molar-refractivity contribution < 1.29 is 23.5 Å². The van der Waals surface area contributed by atoms with E-state index in [0.717, 1.165) is 6.07 Å². The fourth-order valence-corrected chi connectivity index (χ4v) is 2.95. The molecule has 1 saturated heterocycles. The smallest absolute Gasteiger partial charge is 0.410 e. The number of hydrogen-bond acceptors (Lipinski definition) is 5. The molecule has 7 nitrogen and oxygen atoms in total. The molecule has 0 bridgehead atoms. The number of hydrogen-bond donors (Lipinski definition) is 1. The summed E-state index contributed by atoms with van der Waals surface area (Å²) in [5.74, 6) is -1.17. The molecule has 0 spiro atoms. The summed E-state index contributed by atoms with van der Waals surface area (Å²) in [4.78, 5) is 40.2. The Kier molecular flexibility index (Phi) is 7.28. The lowest BCUT2D eigenvalue weighted by Gasteiger charge is -2.42. The maximum absolute atomic E-state index is 13.2. The van der Waals surface area contributed by atoms with Crippen LogP contribution in [0.1, 0.15) is 24.2 Å². The zero-order valence-electron chi connectivity index (χ0n) is 16.2. The van der Waals surface area contributed by atoms with Crippen molar-refractivity contribution in [2.75, 3.05) is 39.3 Å². The Hall–Kier alpha value is -2.74. The lowest BCUT2D eigenvalue weighted by molar-refractivity contribution is -0.132. The summed E-state index contributed by atoms with van der Waals surface area (Å²) in [6, 6.07) is 5.36. The molecular formula is C20H26FN3O4. The maximum atomic E-state index is 13.2. The SMILES string of the molecule is C=CCOC(=O)N1CCN(C(C)(C)C(=O)NCC(=O)c2cccc(F)c2)CC1. The van der Waals surface area contributed by atoms with Gasteiger partial charge in [-0.25, -0.2) is 9.18 Å². The lowest BCUT2D eigenvalue weighted by atomic mass is 10.00. The molecule has 0 atom stereocenters. The molecule has 0 saturated carbocycles. The number of carbonyl (C=O) groups excluding carboxylic acids is 3. The van der Waals surface area contributed by atoms with Crippen LogP contribution in [0.3, 0.4) is 0 Å². The average Bonchev–Trinajstić information content (AvgIpc) is 2.69. The summed E-state index contributed by atoms with van der Waals surface area (Å²) in [5.41, 5.74) is -0.649. The van der Waals surface area contributed by atoms with Gasteiger partial charge in [-0.3, -0.25) is 14.5 Å². The van der Waals surface area contributed by atoms with Gasteiger partial charge in [0, 0.05) is 31.7 Å². The minimum absolute atomic E-state index is 0.159. The van der Waals surface area contributed by atoms with Crippen LogP contribution in [0.2, 0.25) is 0 Å². The molecule has 1 aromatic rings. The summed E-state index contributed by atoms with van der Waals surface area (Å²) >= 11 is 0. The lowest BCUT2D eigenvalue weighted by Crippen LogP contribution is -2.61. The molecule has 0 aromatic heterocycles. The van der Waals surface area contributed by atoms with E-state index < -0.39 is 17.4 Å². The summed E-state index contributed by atoms with van der Waals surface area (Å²) in [7, 11) is 0. The fraction of sp³-hybridized carbons (Fsp3) is 0.450. The third-order valence-electron chi connectivity index (χ3n) is 4.76. The molecule has 152 valence electrons. The van der Waals surface area contributed by atoms with Crippen molar-refractivity contribution >= 4 is 17.8 Å². The van der Waals surface area contributed by atoms with Crippen molar-refractivity contribution in [2.24, 2.45) is 0 Å². The van der Waals surface area contributed by atoms with E-state index in [-0.39, 0.29) is 30.4 Å². The molecule has 1 aliphatic heterocycles. The Morgan fingerprint density at radius 1 is 1.25 bits per heavy atom. The first kappa shape index (κ1) is 21.6. The molecule has 0 unspecified atom stereocenters. The van der Waals surface area contributed by atoms with Gasteiger partial charge < -0.3 is 15.0 Å². The Labute approximate surface area is 164 Å². The van der Waals surface area contributed by atoms with Gasteiger partial charge in [-0.15, -0.1) is 0 Å². The van der Waals surface area contributed by atoms with E-state index in [2.05, 4.69) is 11.9 Å². The molecule has 0 aliphatic carbocycles. The highest BCUT2D eigenvalue weighted by Gasteiger charge is 2.37. The normalized spacial score (nSPS) is 15.0. The number of halogens is 1. The summed E-state index contributed by atoms with van der Waals surface area (Å²) in [5, 5.41) is 2.63. The van der Waals surface area contributed by atoms with Crippen LogP contribution in [-0.2, 0) is 9.53 Å². The van der Waals surface area contributed by atoms with Gasteiger partial charge in [0.15, 0.2) is 5.78 Å². The van der Waals surface area contributed by atoms with Gasteiger partial charge in [-0.1, -0.05) is 24.8 Å². The molecule has 1 heterocycles. The van der Waals surface area contributed by atoms with Crippen LogP contribution in [0.4, 0.5) is 9.18 Å². The molecule has 1 N–H and O–H groups in total. The molecule has 1 aromatic carbocycles. The van der Waals surface area contributed by atoms with Crippen LogP contribution in [0.25, 0.3) is 0 Å². The number of rotatable bonds is 7. The van der Waals surface area contributed by atoms with E-state index >= 15 is 0 Å². The van der Waals surface area contributed by atoms with E-state index in [0.29, 0.717) is 26.2 Å². The van der Waals surface area contributed by atoms with E-state index in [4.69, 9.17) is 4.74 Å². The first-order chi connectivity index (χ1) is 13.3. The number of amides is 2. The second-order valence-corrected chi connectivity index (χ2v) is 7.01. The van der Waals surface area contributed by atoms with E-state index in [1.807, 2.05) is 4.90 Å². The van der Waals surface area contributed by atoms with E-state index in [1.54, 1.807) is 18.7 Å². The first-order valence-corrected chi connectivity index (χ1v) is 9.10. The minimum Gasteiger partial charge on any atom is -0.445 e. The number of nitrogens with zero attached hydrogens (tertiary/aromatic N) is 2. The second-order valence-electron chi connectivity index (χ2n) is 7.01. The van der Waals surface area contributed by atoms with Crippen LogP contribution >= 0.6 is 0 Å². The number of benzene rings is 1. The van der Waals surface area contributed by atoms with Crippen molar-refractivity contribution in [1.82, 2.24) is 15.1 Å². The van der Waals surface area contributed by atoms with Crippen LogP contribution in [-0.4, -0.2) is 72.5 Å². The van der Waals surface area contributed by atoms with Gasteiger partial charge >= 0.3 is 6.09 Å². The van der Waals surface area contributed by atoms with Crippen LogP contribution in [0.15, 0.2) is 36.9 Å². The van der Waals surface area contributed by atoms with Gasteiger partial charge in [0.05, 0.1) is 12.1 Å². The molecule has 1 aliphatic rings. The fourth-order valence-electron chi connectivity index (χ4n) is 2.95. The van der Waals surface area contributed by atoms with Crippen molar-refractivity contribution in [3.63, 3.8) is 0 Å². The zero-order valence-corrected chi connectivity index (χ0v) is 16.2. The minimum atomic E-state index is -0.862. The monoisotopic (exact) mass is 391 g/mol. The van der Waals surface area contributed by atoms with Gasteiger partial charge in [0.25, 0.3) is 0 Å². The van der Waals surface area contributed by atoms with Crippen LogP contribution in [0.5, 0.6) is 0 Å². The number of ether oxygens (including phenoxy) is 1. The van der Waals surface area contributed by atoms with Gasteiger partial charge in [0.2, 0.25) is 5.91 Å². The van der Waals surface area contributed by atoms with Crippen LogP contribution in [0, 0.1) is 5.82 Å². The topological polar surface area (TPSA) is 79.0 Å². The predicted molar refractivity (Wildman–Crippen MR) is 103 cm³/mol. The highest BCUT2D eigenvalue weighted by atomic mass is 19.1. The Balaban J connectivity index is 1.86. The number of Topliss-reactive ketones (excluding diaryl/α,β-unsaturated/α-hetero) is 1. The average molecular weight is 391 g/mol. The number of nitrogens with one attached hydrogen (secondary N) is 1. The molecule has 8 heteroatoms. The molecule has 1 fully saturated rings. The summed E-state index contributed by atoms with van der Waals surface area (Å²) < 4.78 is 18.2. The van der Waals surface area contributed by atoms with Gasteiger partial charge in [-0.05, 0) is 26.0 Å². The van der Waals surface area contributed by atoms with Crippen molar-refractivity contribution in [1.29, 1.82) is 0 Å². The van der Waals surface area contributed by atoms with Crippen molar-refractivity contribution in [2.45, 2.75) is 19.4 Å². The molecular weight excluding hydrogens is 365 g/mol. The van der Waals surface area contributed by atoms with E-state index in [9.17, 15) is 18.8 Å². The second kappa shape index (κ2) is 9.45. The first-order valence-electron chi connectivity index (χ1n) is 9.10. The number of carbonyl (C=O) groups is 3. The molecule has 2 rings (SSSR count). The van der Waals surface area contributed by atoms with E-state index in [1.165, 1.54) is 24.3 Å². The molecule has 28 heavy (non-hydrogen) atoms. The summed E-state index contributed by atoms with van der Waals surface area (Å²) in [6.45, 7) is 8.87.